The van der Waals surface area contributed by atoms with Crippen molar-refractivity contribution < 1.29 is 5.11 Å². The van der Waals surface area contributed by atoms with Crippen molar-refractivity contribution >= 4 is 22.6 Å². The smallest absolute Gasteiger partial charge is 0.0963 e. The van der Waals surface area contributed by atoms with Gasteiger partial charge in [0, 0.05) is 23.2 Å². The van der Waals surface area contributed by atoms with Gasteiger partial charge in [-0.2, -0.15) is 0 Å². The third kappa shape index (κ3) is 3.63. The molecule has 2 N–H and O–H groups in total. The van der Waals surface area contributed by atoms with E-state index < -0.39 is 0 Å². The molecule has 0 unspecified atom stereocenters. The quantitative estimate of drug-likeness (QED) is 0.706. The number of benzene rings is 2. The third-order valence-corrected chi connectivity index (χ3v) is 5.48. The summed E-state index contributed by atoms with van der Waals surface area (Å²) in [6.45, 7) is 1.92. The van der Waals surface area contributed by atoms with Crippen molar-refractivity contribution in [1.29, 1.82) is 0 Å². The SMILES string of the molecule is O[C@H]1CCCN[C@@H]1CCCn1cnc2c(-c3cccc(Cl)c3)cccc21. The minimum atomic E-state index is -0.210. The standard InChI is InChI=1S/C21H24ClN3O/c22-16-6-1-5-15(13-16)17-7-2-9-19-21(17)24-14-25(19)12-4-8-18-20(26)10-3-11-23-18/h1-2,5-7,9,13-14,18,20,23,26H,3-4,8,10-12H2/t18-,20+/m1/s1. The van der Waals surface area contributed by atoms with Crippen LogP contribution in [0.1, 0.15) is 25.7 Å². The van der Waals surface area contributed by atoms with E-state index in [2.05, 4.69) is 39.1 Å². The summed E-state index contributed by atoms with van der Waals surface area (Å²) in [5.74, 6) is 0. The van der Waals surface area contributed by atoms with Gasteiger partial charge < -0.3 is 15.0 Å². The minimum absolute atomic E-state index is 0.210. The summed E-state index contributed by atoms with van der Waals surface area (Å²) in [4.78, 5) is 4.66. The summed E-state index contributed by atoms with van der Waals surface area (Å²) in [6.07, 6.45) is 5.68. The highest BCUT2D eigenvalue weighted by molar-refractivity contribution is 6.30. The number of halogens is 1. The maximum Gasteiger partial charge on any atom is 0.0963 e. The van der Waals surface area contributed by atoms with Gasteiger partial charge in [-0.25, -0.2) is 4.98 Å². The Kier molecular flexibility index (Phi) is 5.25. The number of para-hydroxylation sites is 1. The van der Waals surface area contributed by atoms with Gasteiger partial charge in [-0.05, 0) is 56.0 Å². The summed E-state index contributed by atoms with van der Waals surface area (Å²) in [5.41, 5.74) is 4.33. The van der Waals surface area contributed by atoms with Gasteiger partial charge in [-0.3, -0.25) is 0 Å². The fraction of sp³-hybridized carbons (Fsp3) is 0.381. The Balaban J connectivity index is 1.51. The lowest BCUT2D eigenvalue weighted by molar-refractivity contribution is 0.0909. The van der Waals surface area contributed by atoms with Gasteiger partial charge in [-0.1, -0.05) is 35.9 Å². The molecule has 1 aromatic heterocycles. The number of hydrogen-bond acceptors (Lipinski definition) is 3. The molecular formula is C21H24ClN3O. The van der Waals surface area contributed by atoms with E-state index in [4.69, 9.17) is 11.6 Å². The van der Waals surface area contributed by atoms with Crippen molar-refractivity contribution in [3.05, 3.63) is 53.8 Å². The van der Waals surface area contributed by atoms with E-state index in [1.165, 1.54) is 0 Å². The summed E-state index contributed by atoms with van der Waals surface area (Å²) < 4.78 is 2.21. The van der Waals surface area contributed by atoms with E-state index >= 15 is 0 Å². The number of aliphatic hydroxyl groups is 1. The molecule has 4 nitrogen and oxygen atoms in total. The van der Waals surface area contributed by atoms with E-state index in [1.54, 1.807) is 0 Å². The number of imidazole rings is 1. The number of fused-ring (bicyclic) bond motifs is 1. The molecule has 0 bridgehead atoms. The Bertz CT molecular complexity index is 892. The Morgan fingerprint density at radius 2 is 2.12 bits per heavy atom. The van der Waals surface area contributed by atoms with Crippen LogP contribution in [0.25, 0.3) is 22.2 Å². The zero-order chi connectivity index (χ0) is 17.9. The number of nitrogens with one attached hydrogen (secondary N) is 1. The van der Waals surface area contributed by atoms with Crippen molar-refractivity contribution in [2.24, 2.45) is 0 Å². The molecule has 26 heavy (non-hydrogen) atoms. The lowest BCUT2D eigenvalue weighted by atomic mass is 9.97. The van der Waals surface area contributed by atoms with Crippen LogP contribution in [-0.2, 0) is 6.54 Å². The Labute approximate surface area is 158 Å². The van der Waals surface area contributed by atoms with Crippen LogP contribution in [0, 0.1) is 0 Å². The van der Waals surface area contributed by atoms with Crippen LogP contribution < -0.4 is 5.32 Å². The Morgan fingerprint density at radius 3 is 2.96 bits per heavy atom. The molecule has 1 saturated heterocycles. The molecule has 3 aromatic rings. The molecule has 0 aliphatic carbocycles. The zero-order valence-corrected chi connectivity index (χ0v) is 15.5. The molecule has 1 aliphatic heterocycles. The predicted molar refractivity (Wildman–Crippen MR) is 106 cm³/mol. The maximum atomic E-state index is 10.1. The lowest BCUT2D eigenvalue weighted by Gasteiger charge is -2.29. The maximum absolute atomic E-state index is 10.1. The second-order valence-corrected chi connectivity index (χ2v) is 7.47. The van der Waals surface area contributed by atoms with E-state index in [0.29, 0.717) is 0 Å². The summed E-state index contributed by atoms with van der Waals surface area (Å²) >= 11 is 6.15. The zero-order valence-electron chi connectivity index (χ0n) is 14.7. The van der Waals surface area contributed by atoms with Crippen molar-refractivity contribution in [3.63, 3.8) is 0 Å². The third-order valence-electron chi connectivity index (χ3n) is 5.25. The Morgan fingerprint density at radius 1 is 1.23 bits per heavy atom. The van der Waals surface area contributed by atoms with Crippen LogP contribution in [-0.4, -0.2) is 33.3 Å². The normalized spacial score (nSPS) is 20.5. The van der Waals surface area contributed by atoms with Crippen molar-refractivity contribution in [1.82, 2.24) is 14.9 Å². The van der Waals surface area contributed by atoms with E-state index in [-0.39, 0.29) is 12.1 Å². The molecule has 4 rings (SSSR count). The highest BCUT2D eigenvalue weighted by Gasteiger charge is 2.21. The number of aryl methyl sites for hydroxylation is 1. The van der Waals surface area contributed by atoms with Gasteiger partial charge in [0.15, 0.2) is 0 Å². The van der Waals surface area contributed by atoms with Gasteiger partial charge in [0.05, 0.1) is 23.5 Å². The molecule has 0 radical (unpaired) electrons. The topological polar surface area (TPSA) is 50.1 Å². The number of aromatic nitrogens is 2. The fourth-order valence-electron chi connectivity index (χ4n) is 3.87. The number of piperidine rings is 1. The summed E-state index contributed by atoms with van der Waals surface area (Å²) in [5, 5.41) is 14.3. The fourth-order valence-corrected chi connectivity index (χ4v) is 4.06. The molecule has 2 atom stereocenters. The second kappa shape index (κ2) is 7.78. The van der Waals surface area contributed by atoms with Crippen LogP contribution >= 0.6 is 11.6 Å². The predicted octanol–water partition coefficient (Wildman–Crippen LogP) is 4.25. The highest BCUT2D eigenvalue weighted by Crippen LogP contribution is 2.29. The highest BCUT2D eigenvalue weighted by atomic mass is 35.5. The number of hydrogen-bond donors (Lipinski definition) is 2. The molecular weight excluding hydrogens is 346 g/mol. The van der Waals surface area contributed by atoms with Crippen LogP contribution in [0.5, 0.6) is 0 Å². The molecule has 2 heterocycles. The molecule has 2 aromatic carbocycles. The minimum Gasteiger partial charge on any atom is -0.392 e. The van der Waals surface area contributed by atoms with Crippen LogP contribution in [0.3, 0.4) is 0 Å². The monoisotopic (exact) mass is 369 g/mol. The second-order valence-electron chi connectivity index (χ2n) is 7.03. The van der Waals surface area contributed by atoms with E-state index in [9.17, 15) is 5.11 Å². The van der Waals surface area contributed by atoms with Gasteiger partial charge in [-0.15, -0.1) is 0 Å². The lowest BCUT2D eigenvalue weighted by Crippen LogP contribution is -2.44. The molecule has 0 saturated carbocycles. The first-order valence-corrected chi connectivity index (χ1v) is 9.71. The van der Waals surface area contributed by atoms with Gasteiger partial charge in [0.1, 0.15) is 0 Å². The molecule has 5 heteroatoms. The van der Waals surface area contributed by atoms with E-state index in [1.807, 2.05) is 24.5 Å². The van der Waals surface area contributed by atoms with Gasteiger partial charge in [0.25, 0.3) is 0 Å². The average molecular weight is 370 g/mol. The molecule has 0 spiro atoms. The van der Waals surface area contributed by atoms with Crippen LogP contribution in [0.15, 0.2) is 48.8 Å². The Hall–Kier alpha value is -1.88. The van der Waals surface area contributed by atoms with Crippen molar-refractivity contribution in [2.45, 2.75) is 44.4 Å². The molecule has 1 aliphatic rings. The first-order valence-electron chi connectivity index (χ1n) is 9.33. The number of nitrogens with zero attached hydrogens (tertiary/aromatic N) is 2. The average Bonchev–Trinajstić information content (AvgIpc) is 3.06. The van der Waals surface area contributed by atoms with Crippen molar-refractivity contribution in [2.75, 3.05) is 6.54 Å². The largest absolute Gasteiger partial charge is 0.392 e. The van der Waals surface area contributed by atoms with Crippen LogP contribution in [0.4, 0.5) is 0 Å². The van der Waals surface area contributed by atoms with Gasteiger partial charge >= 0.3 is 0 Å². The van der Waals surface area contributed by atoms with Gasteiger partial charge in [0.2, 0.25) is 0 Å². The number of rotatable bonds is 5. The van der Waals surface area contributed by atoms with Crippen molar-refractivity contribution in [3.8, 4) is 11.1 Å². The summed E-state index contributed by atoms with van der Waals surface area (Å²) in [6, 6.07) is 14.4. The number of aliphatic hydroxyl groups excluding tert-OH is 1. The molecule has 1 fully saturated rings. The molecule has 136 valence electrons. The first kappa shape index (κ1) is 17.5. The van der Waals surface area contributed by atoms with E-state index in [0.717, 1.165) is 66.0 Å². The summed E-state index contributed by atoms with van der Waals surface area (Å²) in [7, 11) is 0. The van der Waals surface area contributed by atoms with Crippen LogP contribution in [0.2, 0.25) is 5.02 Å². The first-order chi connectivity index (χ1) is 12.7. The molecule has 0 amide bonds.